The molecule has 0 saturated carbocycles. The SMILES string of the molecule is CNC(=O)CCC(NC(O)CCCCCCCCCCCCCCCCCCC(=O)O)C(=O)O. The summed E-state index contributed by atoms with van der Waals surface area (Å²) >= 11 is 0. The van der Waals surface area contributed by atoms with Crippen LogP contribution in [0.15, 0.2) is 0 Å². The highest BCUT2D eigenvalue weighted by atomic mass is 16.4. The smallest absolute Gasteiger partial charge is 0.320 e. The number of rotatable bonds is 25. The molecular formula is C26H50N2O6. The van der Waals surface area contributed by atoms with Crippen molar-refractivity contribution in [2.45, 2.75) is 141 Å². The number of carbonyl (C=O) groups excluding carboxylic acids is 1. The molecule has 8 heteroatoms. The topological polar surface area (TPSA) is 136 Å². The number of carboxylic acid groups (broad SMARTS) is 2. The van der Waals surface area contributed by atoms with Crippen molar-refractivity contribution in [3.8, 4) is 0 Å². The first-order chi connectivity index (χ1) is 16.4. The zero-order valence-electron chi connectivity index (χ0n) is 21.4. The second-order valence-corrected chi connectivity index (χ2v) is 9.37. The molecule has 0 aliphatic heterocycles. The quantitative estimate of drug-likeness (QED) is 0.0906. The molecule has 1 amide bonds. The molecule has 0 heterocycles. The second-order valence-electron chi connectivity index (χ2n) is 9.37. The van der Waals surface area contributed by atoms with Gasteiger partial charge in [0.1, 0.15) is 12.3 Å². The molecule has 2 unspecified atom stereocenters. The molecule has 0 bridgehead atoms. The van der Waals surface area contributed by atoms with Crippen LogP contribution >= 0.6 is 0 Å². The van der Waals surface area contributed by atoms with Crippen LogP contribution < -0.4 is 10.6 Å². The lowest BCUT2D eigenvalue weighted by atomic mass is 10.0. The molecule has 0 fully saturated rings. The van der Waals surface area contributed by atoms with Gasteiger partial charge in [-0.3, -0.25) is 19.7 Å². The summed E-state index contributed by atoms with van der Waals surface area (Å²) < 4.78 is 0. The number of amides is 1. The summed E-state index contributed by atoms with van der Waals surface area (Å²) in [5, 5.41) is 33.0. The maximum atomic E-state index is 11.3. The van der Waals surface area contributed by atoms with Gasteiger partial charge in [-0.1, -0.05) is 89.9 Å². The Morgan fingerprint density at radius 3 is 1.41 bits per heavy atom. The lowest BCUT2D eigenvalue weighted by molar-refractivity contribution is -0.141. The van der Waals surface area contributed by atoms with E-state index in [2.05, 4.69) is 10.6 Å². The van der Waals surface area contributed by atoms with Crippen molar-refractivity contribution in [2.24, 2.45) is 0 Å². The fraction of sp³-hybridized carbons (Fsp3) is 0.885. The van der Waals surface area contributed by atoms with E-state index in [1.54, 1.807) is 0 Å². The van der Waals surface area contributed by atoms with Crippen molar-refractivity contribution in [1.82, 2.24) is 10.6 Å². The van der Waals surface area contributed by atoms with Crippen LogP contribution in [0, 0.1) is 0 Å². The van der Waals surface area contributed by atoms with Gasteiger partial charge < -0.3 is 20.6 Å². The Hall–Kier alpha value is -1.67. The summed E-state index contributed by atoms with van der Waals surface area (Å²) in [6, 6.07) is -0.914. The van der Waals surface area contributed by atoms with Gasteiger partial charge in [-0.2, -0.15) is 0 Å². The average molecular weight is 487 g/mol. The number of aliphatic hydroxyl groups is 1. The maximum Gasteiger partial charge on any atom is 0.320 e. The summed E-state index contributed by atoms with van der Waals surface area (Å²) in [7, 11) is 1.52. The first kappa shape index (κ1) is 32.3. The Labute approximate surface area is 206 Å². The van der Waals surface area contributed by atoms with E-state index in [-0.39, 0.29) is 18.7 Å². The summed E-state index contributed by atoms with van der Waals surface area (Å²) in [6.07, 6.45) is 19.0. The molecule has 0 rings (SSSR count). The van der Waals surface area contributed by atoms with Gasteiger partial charge in [0.05, 0.1) is 0 Å². The number of nitrogens with one attached hydrogen (secondary N) is 2. The third-order valence-electron chi connectivity index (χ3n) is 6.25. The van der Waals surface area contributed by atoms with Crippen LogP contribution in [0.1, 0.15) is 128 Å². The van der Waals surface area contributed by atoms with E-state index in [0.29, 0.717) is 12.8 Å². The highest BCUT2D eigenvalue weighted by molar-refractivity contribution is 5.78. The molecule has 200 valence electrons. The number of carboxylic acids is 2. The van der Waals surface area contributed by atoms with E-state index in [0.717, 1.165) is 38.5 Å². The summed E-state index contributed by atoms with van der Waals surface area (Å²) in [6.45, 7) is 0. The molecule has 2 atom stereocenters. The molecule has 0 spiro atoms. The molecule has 0 aliphatic rings. The van der Waals surface area contributed by atoms with Crippen LogP contribution in [0.4, 0.5) is 0 Å². The first-order valence-corrected chi connectivity index (χ1v) is 13.5. The second kappa shape index (κ2) is 23.1. The zero-order valence-corrected chi connectivity index (χ0v) is 21.4. The van der Waals surface area contributed by atoms with Gasteiger partial charge in [-0.25, -0.2) is 0 Å². The minimum Gasteiger partial charge on any atom is -0.481 e. The van der Waals surface area contributed by atoms with E-state index < -0.39 is 24.2 Å². The van der Waals surface area contributed by atoms with Crippen LogP contribution in [0.25, 0.3) is 0 Å². The molecule has 0 radical (unpaired) electrons. The van der Waals surface area contributed by atoms with E-state index >= 15 is 0 Å². The molecule has 0 aliphatic carbocycles. The number of carbonyl (C=O) groups is 3. The normalized spacial score (nSPS) is 12.9. The largest absolute Gasteiger partial charge is 0.481 e. The zero-order chi connectivity index (χ0) is 25.4. The fourth-order valence-electron chi connectivity index (χ4n) is 4.08. The van der Waals surface area contributed by atoms with Gasteiger partial charge in [0.2, 0.25) is 5.91 Å². The van der Waals surface area contributed by atoms with Gasteiger partial charge in [0.15, 0.2) is 0 Å². The minimum absolute atomic E-state index is 0.116. The molecule has 34 heavy (non-hydrogen) atoms. The standard InChI is InChI=1S/C26H50N2O6/c1-27-23(29)21-20-22(26(33)34)28-24(30)18-16-14-12-10-8-6-4-2-3-5-7-9-11-13-15-17-19-25(31)32/h22,24,28,30H,2-21H2,1H3,(H,27,29)(H,31,32)(H,33,34). The Balaban J connectivity index is 3.42. The van der Waals surface area contributed by atoms with Crippen LogP contribution in [-0.2, 0) is 14.4 Å². The van der Waals surface area contributed by atoms with Crippen molar-refractivity contribution in [3.05, 3.63) is 0 Å². The van der Waals surface area contributed by atoms with E-state index in [9.17, 15) is 24.6 Å². The van der Waals surface area contributed by atoms with Crippen molar-refractivity contribution in [1.29, 1.82) is 0 Å². The highest BCUT2D eigenvalue weighted by Crippen LogP contribution is 2.14. The number of unbranched alkanes of at least 4 members (excludes halogenated alkanes) is 15. The molecule has 8 nitrogen and oxygen atoms in total. The summed E-state index contributed by atoms with van der Waals surface area (Å²) in [4.78, 5) is 33.0. The van der Waals surface area contributed by atoms with Crippen LogP contribution in [0.3, 0.4) is 0 Å². The van der Waals surface area contributed by atoms with Crippen molar-refractivity contribution in [2.75, 3.05) is 7.05 Å². The van der Waals surface area contributed by atoms with Gasteiger partial charge >= 0.3 is 11.9 Å². The van der Waals surface area contributed by atoms with Crippen LogP contribution in [0.2, 0.25) is 0 Å². The fourth-order valence-corrected chi connectivity index (χ4v) is 4.08. The molecule has 0 saturated heterocycles. The monoisotopic (exact) mass is 486 g/mol. The average Bonchev–Trinajstić information content (AvgIpc) is 2.80. The van der Waals surface area contributed by atoms with Gasteiger partial charge in [0, 0.05) is 19.9 Å². The molecule has 0 aromatic rings. The van der Waals surface area contributed by atoms with Gasteiger partial charge in [-0.05, 0) is 25.7 Å². The molecule has 5 N–H and O–H groups in total. The van der Waals surface area contributed by atoms with Crippen molar-refractivity contribution < 1.29 is 29.7 Å². The van der Waals surface area contributed by atoms with Gasteiger partial charge in [-0.15, -0.1) is 0 Å². The predicted molar refractivity (Wildman–Crippen MR) is 135 cm³/mol. The molecule has 0 aromatic heterocycles. The Morgan fingerprint density at radius 2 is 1.03 bits per heavy atom. The number of aliphatic hydroxyl groups excluding tert-OH is 1. The third kappa shape index (κ3) is 22.1. The summed E-state index contributed by atoms with van der Waals surface area (Å²) in [5.41, 5.74) is 0. The first-order valence-electron chi connectivity index (χ1n) is 13.5. The van der Waals surface area contributed by atoms with Crippen molar-refractivity contribution >= 4 is 17.8 Å². The molecule has 0 aromatic carbocycles. The van der Waals surface area contributed by atoms with E-state index in [4.69, 9.17) is 5.11 Å². The molecular weight excluding hydrogens is 436 g/mol. The van der Waals surface area contributed by atoms with Crippen molar-refractivity contribution in [3.63, 3.8) is 0 Å². The lowest BCUT2D eigenvalue weighted by Gasteiger charge is -2.19. The lowest BCUT2D eigenvalue weighted by Crippen LogP contribution is -2.43. The predicted octanol–water partition coefficient (Wildman–Crippen LogP) is 4.98. The Morgan fingerprint density at radius 1 is 0.618 bits per heavy atom. The Kier molecular flexibility index (Phi) is 22.0. The Bertz CT molecular complexity index is 529. The number of aliphatic carboxylic acids is 2. The highest BCUT2D eigenvalue weighted by Gasteiger charge is 2.20. The van der Waals surface area contributed by atoms with E-state index in [1.807, 2.05) is 0 Å². The van der Waals surface area contributed by atoms with Crippen LogP contribution in [0.5, 0.6) is 0 Å². The summed E-state index contributed by atoms with van der Waals surface area (Å²) in [5.74, 6) is -1.94. The number of hydrogen-bond acceptors (Lipinski definition) is 5. The minimum atomic E-state index is -1.05. The van der Waals surface area contributed by atoms with E-state index in [1.165, 1.54) is 71.3 Å². The maximum absolute atomic E-state index is 11.3. The van der Waals surface area contributed by atoms with Crippen LogP contribution in [-0.4, -0.2) is 52.5 Å². The number of hydrogen-bond donors (Lipinski definition) is 5. The van der Waals surface area contributed by atoms with Gasteiger partial charge in [0.25, 0.3) is 0 Å². The third-order valence-corrected chi connectivity index (χ3v) is 6.25.